The number of hydrogen-bond acceptors (Lipinski definition) is 3. The van der Waals surface area contributed by atoms with Gasteiger partial charge in [0.25, 0.3) is 0 Å². The topological polar surface area (TPSA) is 32.5 Å². The fourth-order valence-corrected chi connectivity index (χ4v) is 3.66. The third-order valence-corrected chi connectivity index (χ3v) is 4.78. The van der Waals surface area contributed by atoms with Gasteiger partial charge >= 0.3 is 0 Å². The largest absolute Gasteiger partial charge is 0.329 e. The van der Waals surface area contributed by atoms with Crippen LogP contribution >= 0.6 is 0 Å². The first-order chi connectivity index (χ1) is 7.74. The fourth-order valence-electron chi connectivity index (χ4n) is 3.66. The van der Waals surface area contributed by atoms with Crippen LogP contribution in [0.3, 0.4) is 0 Å². The number of hydrogen-bond donors (Lipinski definition) is 1. The summed E-state index contributed by atoms with van der Waals surface area (Å²) in [6, 6.07) is 0.736. The Kier molecular flexibility index (Phi) is 3.88. The van der Waals surface area contributed by atoms with Gasteiger partial charge in [0.2, 0.25) is 0 Å². The van der Waals surface area contributed by atoms with Crippen LogP contribution in [0, 0.1) is 0 Å². The molecule has 2 unspecified atom stereocenters. The third-order valence-electron chi connectivity index (χ3n) is 4.78. The molecule has 0 aromatic heterocycles. The lowest BCUT2D eigenvalue weighted by Crippen LogP contribution is -2.58. The standard InChI is InChI=1S/C13H27N3/c1-3-4-8-15(2)13(11-14)7-10-16-9-5-6-12(13)16/h12H,3-11,14H2,1-2H3. The Morgan fingerprint density at radius 1 is 1.44 bits per heavy atom. The predicted octanol–water partition coefficient (Wildman–Crippen LogP) is 1.28. The maximum absolute atomic E-state index is 6.13. The van der Waals surface area contributed by atoms with Gasteiger partial charge in [-0.3, -0.25) is 9.80 Å². The van der Waals surface area contributed by atoms with Crippen molar-refractivity contribution in [2.45, 2.75) is 50.6 Å². The number of rotatable bonds is 5. The van der Waals surface area contributed by atoms with Gasteiger partial charge in [0.05, 0.1) is 0 Å². The zero-order valence-electron chi connectivity index (χ0n) is 10.9. The first kappa shape index (κ1) is 12.3. The van der Waals surface area contributed by atoms with E-state index in [0.29, 0.717) is 0 Å². The molecule has 0 aliphatic carbocycles. The molecule has 0 bridgehead atoms. The Labute approximate surface area is 100.0 Å². The van der Waals surface area contributed by atoms with Crippen molar-refractivity contribution < 1.29 is 0 Å². The molecule has 0 aromatic rings. The molecule has 94 valence electrons. The van der Waals surface area contributed by atoms with E-state index < -0.39 is 0 Å². The Bertz CT molecular complexity index is 231. The van der Waals surface area contributed by atoms with Crippen molar-refractivity contribution >= 4 is 0 Å². The predicted molar refractivity (Wildman–Crippen MR) is 68.5 cm³/mol. The van der Waals surface area contributed by atoms with Crippen LogP contribution in [0.25, 0.3) is 0 Å². The van der Waals surface area contributed by atoms with E-state index in [0.717, 1.165) is 12.6 Å². The molecule has 0 spiro atoms. The minimum atomic E-state index is 0.283. The number of nitrogens with two attached hydrogens (primary N) is 1. The first-order valence-corrected chi connectivity index (χ1v) is 6.90. The molecule has 0 aromatic carbocycles. The lowest BCUT2D eigenvalue weighted by Gasteiger charge is -2.42. The van der Waals surface area contributed by atoms with Gasteiger partial charge in [0, 0.05) is 24.7 Å². The van der Waals surface area contributed by atoms with Crippen molar-refractivity contribution in [2.24, 2.45) is 5.73 Å². The monoisotopic (exact) mass is 225 g/mol. The zero-order valence-corrected chi connectivity index (χ0v) is 10.9. The second-order valence-electron chi connectivity index (χ2n) is 5.53. The summed E-state index contributed by atoms with van der Waals surface area (Å²) in [6.07, 6.45) is 6.57. The number of unbranched alkanes of at least 4 members (excludes halogenated alkanes) is 1. The summed E-state index contributed by atoms with van der Waals surface area (Å²) in [5.41, 5.74) is 6.41. The Morgan fingerprint density at radius 3 is 2.94 bits per heavy atom. The summed E-state index contributed by atoms with van der Waals surface area (Å²) in [7, 11) is 2.28. The summed E-state index contributed by atoms with van der Waals surface area (Å²) in [5.74, 6) is 0. The Morgan fingerprint density at radius 2 is 2.25 bits per heavy atom. The van der Waals surface area contributed by atoms with E-state index >= 15 is 0 Å². The van der Waals surface area contributed by atoms with E-state index in [-0.39, 0.29) is 5.54 Å². The van der Waals surface area contributed by atoms with Gasteiger partial charge in [-0.2, -0.15) is 0 Å². The van der Waals surface area contributed by atoms with Gasteiger partial charge in [-0.05, 0) is 45.8 Å². The van der Waals surface area contributed by atoms with E-state index in [1.54, 1.807) is 0 Å². The van der Waals surface area contributed by atoms with E-state index in [4.69, 9.17) is 5.73 Å². The van der Waals surface area contributed by atoms with Crippen molar-refractivity contribution in [1.82, 2.24) is 9.80 Å². The fraction of sp³-hybridized carbons (Fsp3) is 1.00. The van der Waals surface area contributed by atoms with E-state index in [2.05, 4.69) is 23.8 Å². The molecular weight excluding hydrogens is 198 g/mol. The molecule has 2 saturated heterocycles. The Hall–Kier alpha value is -0.120. The summed E-state index contributed by atoms with van der Waals surface area (Å²) < 4.78 is 0. The first-order valence-electron chi connectivity index (χ1n) is 6.90. The van der Waals surface area contributed by atoms with Crippen LogP contribution < -0.4 is 5.73 Å². The van der Waals surface area contributed by atoms with Crippen LogP contribution in [-0.2, 0) is 0 Å². The van der Waals surface area contributed by atoms with Gasteiger partial charge in [-0.15, -0.1) is 0 Å². The minimum absolute atomic E-state index is 0.283. The van der Waals surface area contributed by atoms with Gasteiger partial charge < -0.3 is 5.73 Å². The maximum Gasteiger partial charge on any atom is 0.0496 e. The highest BCUT2D eigenvalue weighted by Crippen LogP contribution is 2.39. The minimum Gasteiger partial charge on any atom is -0.329 e. The van der Waals surface area contributed by atoms with Gasteiger partial charge in [0.15, 0.2) is 0 Å². The van der Waals surface area contributed by atoms with Crippen molar-refractivity contribution in [2.75, 3.05) is 33.2 Å². The van der Waals surface area contributed by atoms with Gasteiger partial charge in [-0.1, -0.05) is 13.3 Å². The second-order valence-corrected chi connectivity index (χ2v) is 5.53. The SMILES string of the molecule is CCCCN(C)C1(CN)CCN2CCCC21. The second kappa shape index (κ2) is 5.03. The average Bonchev–Trinajstić information content (AvgIpc) is 2.87. The number of likely N-dealkylation sites (N-methyl/N-ethyl adjacent to an activating group) is 1. The van der Waals surface area contributed by atoms with Crippen LogP contribution in [0.1, 0.15) is 39.0 Å². The molecule has 2 atom stereocenters. The van der Waals surface area contributed by atoms with Crippen LogP contribution in [0.5, 0.6) is 0 Å². The molecule has 2 aliphatic heterocycles. The molecule has 3 nitrogen and oxygen atoms in total. The molecular formula is C13H27N3. The molecule has 2 aliphatic rings. The molecule has 2 rings (SSSR count). The van der Waals surface area contributed by atoms with Gasteiger partial charge in [0.1, 0.15) is 0 Å². The smallest absolute Gasteiger partial charge is 0.0496 e. The molecule has 0 saturated carbocycles. The van der Waals surface area contributed by atoms with Crippen LogP contribution in [0.4, 0.5) is 0 Å². The summed E-state index contributed by atoms with van der Waals surface area (Å²) in [4.78, 5) is 5.22. The van der Waals surface area contributed by atoms with E-state index in [1.165, 1.54) is 51.7 Å². The van der Waals surface area contributed by atoms with Gasteiger partial charge in [-0.25, -0.2) is 0 Å². The summed E-state index contributed by atoms with van der Waals surface area (Å²) >= 11 is 0. The van der Waals surface area contributed by atoms with Crippen molar-refractivity contribution in [1.29, 1.82) is 0 Å². The number of fused-ring (bicyclic) bond motifs is 1. The van der Waals surface area contributed by atoms with Crippen LogP contribution in [-0.4, -0.2) is 54.6 Å². The van der Waals surface area contributed by atoms with Crippen molar-refractivity contribution in [3.8, 4) is 0 Å². The van der Waals surface area contributed by atoms with Crippen LogP contribution in [0.2, 0.25) is 0 Å². The lowest BCUT2D eigenvalue weighted by molar-refractivity contribution is 0.0895. The normalized spacial score (nSPS) is 34.9. The summed E-state index contributed by atoms with van der Waals surface area (Å²) in [5, 5.41) is 0. The highest BCUT2D eigenvalue weighted by Gasteiger charge is 2.50. The molecule has 2 N–H and O–H groups in total. The van der Waals surface area contributed by atoms with Crippen LogP contribution in [0.15, 0.2) is 0 Å². The van der Waals surface area contributed by atoms with Crippen molar-refractivity contribution in [3.63, 3.8) is 0 Å². The average molecular weight is 225 g/mol. The third kappa shape index (κ3) is 1.89. The lowest BCUT2D eigenvalue weighted by atomic mass is 9.87. The highest BCUT2D eigenvalue weighted by molar-refractivity contribution is 5.09. The molecule has 0 radical (unpaired) electrons. The quantitative estimate of drug-likeness (QED) is 0.765. The summed E-state index contributed by atoms with van der Waals surface area (Å²) in [6.45, 7) is 6.86. The molecule has 2 fully saturated rings. The number of nitrogens with zero attached hydrogens (tertiary/aromatic N) is 2. The van der Waals surface area contributed by atoms with E-state index in [1.807, 2.05) is 0 Å². The Balaban J connectivity index is 2.06. The zero-order chi connectivity index (χ0) is 11.6. The molecule has 3 heteroatoms. The molecule has 16 heavy (non-hydrogen) atoms. The highest BCUT2D eigenvalue weighted by atomic mass is 15.3. The van der Waals surface area contributed by atoms with E-state index in [9.17, 15) is 0 Å². The maximum atomic E-state index is 6.13. The molecule has 0 amide bonds. The van der Waals surface area contributed by atoms with Crippen molar-refractivity contribution in [3.05, 3.63) is 0 Å². The molecule has 2 heterocycles.